The molecule has 0 radical (unpaired) electrons. The van der Waals surface area contributed by atoms with Gasteiger partial charge < -0.3 is 15.2 Å². The van der Waals surface area contributed by atoms with Crippen LogP contribution in [0.4, 0.5) is 5.69 Å². The number of para-hydroxylation sites is 1. The molecule has 2 unspecified atom stereocenters. The Morgan fingerprint density at radius 3 is 2.93 bits per heavy atom. The quantitative estimate of drug-likeness (QED) is 0.748. The molecule has 1 aliphatic rings. The van der Waals surface area contributed by atoms with Gasteiger partial charge in [0.15, 0.2) is 0 Å². The van der Waals surface area contributed by atoms with Gasteiger partial charge in [0.05, 0.1) is 11.7 Å². The Kier molecular flexibility index (Phi) is 4.39. The van der Waals surface area contributed by atoms with Crippen molar-refractivity contribution in [2.75, 3.05) is 5.32 Å². The maximum absolute atomic E-state index is 13.4. The van der Waals surface area contributed by atoms with Crippen LogP contribution in [-0.2, 0) is 11.3 Å². The number of anilines is 1. The fourth-order valence-corrected chi connectivity index (χ4v) is 3.64. The molecule has 1 aliphatic heterocycles. The van der Waals surface area contributed by atoms with Crippen LogP contribution in [0.25, 0.3) is 10.9 Å². The third-order valence-corrected chi connectivity index (χ3v) is 5.32. The molecule has 6 nitrogen and oxygen atoms in total. The summed E-state index contributed by atoms with van der Waals surface area (Å²) in [5.74, 6) is -0.280. The van der Waals surface area contributed by atoms with Crippen molar-refractivity contribution in [2.24, 2.45) is 5.92 Å². The van der Waals surface area contributed by atoms with Crippen LogP contribution in [0, 0.1) is 5.92 Å². The topological polar surface area (TPSA) is 78.1 Å². The van der Waals surface area contributed by atoms with Gasteiger partial charge in [-0.15, -0.1) is 0 Å². The standard InChI is InChI=1S/C21H22N4O2/c1-3-13(2)19-20(26)24-16-7-5-4-6-15(16)12-25(19)21(27)17-10-14-8-9-22-11-18(14)23-17/h4-11,13,19,23H,3,12H2,1-2H3,(H,24,26). The van der Waals surface area contributed by atoms with Crippen molar-refractivity contribution >= 4 is 28.4 Å². The molecular formula is C21H22N4O2. The number of rotatable bonds is 3. The number of carbonyl (C=O) groups excluding carboxylic acids is 2. The summed E-state index contributed by atoms with van der Waals surface area (Å²) < 4.78 is 0. The van der Waals surface area contributed by atoms with E-state index >= 15 is 0 Å². The van der Waals surface area contributed by atoms with Gasteiger partial charge in [-0.2, -0.15) is 0 Å². The summed E-state index contributed by atoms with van der Waals surface area (Å²) in [7, 11) is 0. The summed E-state index contributed by atoms with van der Waals surface area (Å²) >= 11 is 0. The normalized spacial score (nSPS) is 17.9. The zero-order valence-corrected chi connectivity index (χ0v) is 15.4. The molecule has 6 heteroatoms. The lowest BCUT2D eigenvalue weighted by molar-refractivity contribution is -0.122. The molecule has 1 aromatic carbocycles. The van der Waals surface area contributed by atoms with E-state index in [9.17, 15) is 9.59 Å². The number of amides is 2. The Hall–Kier alpha value is -3.15. The zero-order valence-electron chi connectivity index (χ0n) is 15.4. The lowest BCUT2D eigenvalue weighted by Crippen LogP contribution is -2.49. The second-order valence-corrected chi connectivity index (χ2v) is 7.06. The first-order chi connectivity index (χ1) is 13.1. The van der Waals surface area contributed by atoms with E-state index in [2.05, 4.69) is 15.3 Å². The van der Waals surface area contributed by atoms with Gasteiger partial charge >= 0.3 is 0 Å². The first-order valence-electron chi connectivity index (χ1n) is 9.21. The number of hydrogen-bond donors (Lipinski definition) is 2. The fraction of sp³-hybridized carbons (Fsp3) is 0.286. The Morgan fingerprint density at radius 1 is 1.33 bits per heavy atom. The molecule has 2 aromatic heterocycles. The van der Waals surface area contributed by atoms with Gasteiger partial charge in [0.25, 0.3) is 5.91 Å². The molecule has 0 fully saturated rings. The van der Waals surface area contributed by atoms with Gasteiger partial charge in [0, 0.05) is 23.8 Å². The molecule has 3 heterocycles. The van der Waals surface area contributed by atoms with Crippen molar-refractivity contribution in [2.45, 2.75) is 32.9 Å². The second kappa shape index (κ2) is 6.87. The summed E-state index contributed by atoms with van der Waals surface area (Å²) in [6.45, 7) is 4.43. The number of aromatic amines is 1. The number of fused-ring (bicyclic) bond motifs is 2. The van der Waals surface area contributed by atoms with Gasteiger partial charge in [-0.05, 0) is 29.7 Å². The minimum absolute atomic E-state index is 0.0364. The predicted octanol–water partition coefficient (Wildman–Crippen LogP) is 3.57. The van der Waals surface area contributed by atoms with Crippen LogP contribution in [0.5, 0.6) is 0 Å². The molecule has 0 spiro atoms. The SMILES string of the molecule is CCC(C)C1C(=O)Nc2ccccc2CN1C(=O)c1cc2ccncc2[nH]1. The Morgan fingerprint density at radius 2 is 2.15 bits per heavy atom. The van der Waals surface area contributed by atoms with E-state index in [1.807, 2.05) is 50.2 Å². The third kappa shape index (κ3) is 3.07. The lowest BCUT2D eigenvalue weighted by Gasteiger charge is -2.32. The highest BCUT2D eigenvalue weighted by Crippen LogP contribution is 2.29. The minimum atomic E-state index is -0.528. The zero-order chi connectivity index (χ0) is 19.0. The number of aromatic nitrogens is 2. The maximum Gasteiger partial charge on any atom is 0.271 e. The second-order valence-electron chi connectivity index (χ2n) is 7.06. The number of pyridine rings is 1. The lowest BCUT2D eigenvalue weighted by atomic mass is 9.96. The third-order valence-electron chi connectivity index (χ3n) is 5.32. The van der Waals surface area contributed by atoms with E-state index in [4.69, 9.17) is 0 Å². The highest BCUT2D eigenvalue weighted by atomic mass is 16.2. The van der Waals surface area contributed by atoms with Crippen molar-refractivity contribution < 1.29 is 9.59 Å². The highest BCUT2D eigenvalue weighted by Gasteiger charge is 2.37. The summed E-state index contributed by atoms with van der Waals surface area (Å²) in [5, 5.41) is 3.92. The number of carbonyl (C=O) groups is 2. The predicted molar refractivity (Wildman–Crippen MR) is 104 cm³/mol. The van der Waals surface area contributed by atoms with E-state index in [1.165, 1.54) is 0 Å². The highest BCUT2D eigenvalue weighted by molar-refractivity contribution is 6.03. The number of hydrogen-bond acceptors (Lipinski definition) is 3. The summed E-state index contributed by atoms with van der Waals surface area (Å²) in [6.07, 6.45) is 4.19. The maximum atomic E-state index is 13.4. The molecule has 0 bridgehead atoms. The van der Waals surface area contributed by atoms with Crippen molar-refractivity contribution in [3.8, 4) is 0 Å². The number of nitrogens with one attached hydrogen (secondary N) is 2. The van der Waals surface area contributed by atoms with Crippen LogP contribution in [0.2, 0.25) is 0 Å². The van der Waals surface area contributed by atoms with Crippen LogP contribution < -0.4 is 5.32 Å². The number of nitrogens with zero attached hydrogens (tertiary/aromatic N) is 2. The molecule has 2 amide bonds. The molecular weight excluding hydrogens is 340 g/mol. The molecule has 0 saturated heterocycles. The molecule has 2 atom stereocenters. The Bertz CT molecular complexity index is 977. The van der Waals surface area contributed by atoms with Crippen LogP contribution in [0.15, 0.2) is 48.8 Å². The van der Waals surface area contributed by atoms with Crippen LogP contribution >= 0.6 is 0 Å². The fourth-order valence-electron chi connectivity index (χ4n) is 3.64. The molecule has 4 rings (SSSR count). The average Bonchev–Trinajstić information content (AvgIpc) is 3.05. The van der Waals surface area contributed by atoms with Crippen molar-refractivity contribution in [1.82, 2.24) is 14.9 Å². The van der Waals surface area contributed by atoms with Gasteiger partial charge in [-0.3, -0.25) is 14.6 Å². The molecule has 27 heavy (non-hydrogen) atoms. The van der Waals surface area contributed by atoms with E-state index in [0.717, 1.165) is 28.6 Å². The Labute approximate surface area is 157 Å². The molecule has 0 saturated carbocycles. The molecule has 2 N–H and O–H groups in total. The van der Waals surface area contributed by atoms with Crippen LogP contribution in [0.1, 0.15) is 36.3 Å². The summed E-state index contributed by atoms with van der Waals surface area (Å²) in [5.41, 5.74) is 2.98. The monoisotopic (exact) mass is 362 g/mol. The van der Waals surface area contributed by atoms with E-state index in [0.29, 0.717) is 12.2 Å². The van der Waals surface area contributed by atoms with E-state index < -0.39 is 6.04 Å². The summed E-state index contributed by atoms with van der Waals surface area (Å²) in [4.78, 5) is 35.3. The summed E-state index contributed by atoms with van der Waals surface area (Å²) in [6, 6.07) is 10.8. The van der Waals surface area contributed by atoms with Crippen molar-refractivity contribution in [3.63, 3.8) is 0 Å². The number of benzene rings is 1. The van der Waals surface area contributed by atoms with Crippen LogP contribution in [0.3, 0.4) is 0 Å². The Balaban J connectivity index is 1.77. The van der Waals surface area contributed by atoms with E-state index in [1.54, 1.807) is 17.3 Å². The van der Waals surface area contributed by atoms with Gasteiger partial charge in [0.1, 0.15) is 11.7 Å². The number of H-pyrrole nitrogens is 1. The molecule has 0 aliphatic carbocycles. The molecule has 3 aromatic rings. The smallest absolute Gasteiger partial charge is 0.271 e. The van der Waals surface area contributed by atoms with E-state index in [-0.39, 0.29) is 17.7 Å². The average molecular weight is 362 g/mol. The van der Waals surface area contributed by atoms with Crippen molar-refractivity contribution in [1.29, 1.82) is 0 Å². The van der Waals surface area contributed by atoms with Crippen molar-refractivity contribution in [3.05, 3.63) is 60.0 Å². The van der Waals surface area contributed by atoms with Gasteiger partial charge in [-0.1, -0.05) is 38.5 Å². The van der Waals surface area contributed by atoms with Gasteiger partial charge in [-0.25, -0.2) is 0 Å². The van der Waals surface area contributed by atoms with Crippen LogP contribution in [-0.4, -0.2) is 32.7 Å². The first-order valence-corrected chi connectivity index (χ1v) is 9.21. The largest absolute Gasteiger partial charge is 0.349 e. The first kappa shape index (κ1) is 17.3. The molecule has 138 valence electrons. The minimum Gasteiger partial charge on any atom is -0.349 e. The van der Waals surface area contributed by atoms with Gasteiger partial charge in [0.2, 0.25) is 5.91 Å².